The molecule has 2 atom stereocenters. The Morgan fingerprint density at radius 2 is 2.38 bits per heavy atom. The molecular formula is C6H10O2. The molecule has 0 aliphatic heterocycles. The predicted octanol–water partition coefficient (Wildman–Crippen LogP) is 0.0582. The quantitative estimate of drug-likeness (QED) is 0.473. The third-order valence-electron chi connectivity index (χ3n) is 1.75. The minimum Gasteiger partial charge on any atom is -0.390 e. The number of aliphatic hydroxyl groups is 2. The highest BCUT2D eigenvalue weighted by molar-refractivity contribution is 5.08. The molecule has 0 heterocycles. The summed E-state index contributed by atoms with van der Waals surface area (Å²) in [4.78, 5) is 0. The summed E-state index contributed by atoms with van der Waals surface area (Å²) in [6.07, 6.45) is 2.18. The van der Waals surface area contributed by atoms with Crippen molar-refractivity contribution in [2.45, 2.75) is 24.5 Å². The monoisotopic (exact) mass is 114 g/mol. The lowest BCUT2D eigenvalue weighted by Crippen LogP contribution is -2.49. The molecule has 1 saturated carbocycles. The van der Waals surface area contributed by atoms with Crippen molar-refractivity contribution in [2.24, 2.45) is 0 Å². The van der Waals surface area contributed by atoms with Crippen molar-refractivity contribution in [1.82, 2.24) is 0 Å². The van der Waals surface area contributed by atoms with Crippen LogP contribution in [0, 0.1) is 0 Å². The molecule has 0 aromatic heterocycles. The van der Waals surface area contributed by atoms with Crippen molar-refractivity contribution in [3.05, 3.63) is 12.7 Å². The fourth-order valence-corrected chi connectivity index (χ4v) is 0.807. The molecule has 0 amide bonds. The third kappa shape index (κ3) is 0.572. The van der Waals surface area contributed by atoms with Gasteiger partial charge in [0.15, 0.2) is 0 Å². The van der Waals surface area contributed by atoms with Gasteiger partial charge in [-0.15, -0.1) is 6.58 Å². The lowest BCUT2D eigenvalue weighted by atomic mass is 9.77. The Morgan fingerprint density at radius 1 is 1.75 bits per heavy atom. The average Bonchev–Trinajstić information content (AvgIpc) is 1.83. The zero-order valence-electron chi connectivity index (χ0n) is 4.67. The van der Waals surface area contributed by atoms with E-state index in [1.54, 1.807) is 0 Å². The van der Waals surface area contributed by atoms with Gasteiger partial charge in [0.05, 0.1) is 6.10 Å². The Bertz CT molecular complexity index is 111. The first-order chi connectivity index (χ1) is 3.69. The normalized spacial score (nSPS) is 45.5. The highest BCUT2D eigenvalue weighted by Crippen LogP contribution is 2.32. The zero-order chi connectivity index (χ0) is 6.20. The van der Waals surface area contributed by atoms with Gasteiger partial charge in [0.1, 0.15) is 5.60 Å². The van der Waals surface area contributed by atoms with E-state index in [2.05, 4.69) is 6.58 Å². The summed E-state index contributed by atoms with van der Waals surface area (Å²) in [5.41, 5.74) is -0.958. The Balaban J connectivity index is 2.54. The van der Waals surface area contributed by atoms with Crippen molar-refractivity contribution in [3.8, 4) is 0 Å². The highest BCUT2D eigenvalue weighted by atomic mass is 16.3. The minimum absolute atomic E-state index is 0.569. The van der Waals surface area contributed by atoms with Crippen molar-refractivity contribution in [2.75, 3.05) is 0 Å². The Kier molecular flexibility index (Phi) is 1.14. The van der Waals surface area contributed by atoms with Gasteiger partial charge in [-0.1, -0.05) is 6.08 Å². The largest absolute Gasteiger partial charge is 0.390 e. The lowest BCUT2D eigenvalue weighted by molar-refractivity contribution is -0.110. The molecule has 1 aliphatic carbocycles. The van der Waals surface area contributed by atoms with Crippen LogP contribution in [0.2, 0.25) is 0 Å². The minimum atomic E-state index is -0.958. The SMILES string of the molecule is C=C[C@]1(O)CC[C@@H]1O. The molecule has 0 aromatic carbocycles. The van der Waals surface area contributed by atoms with Gasteiger partial charge in [-0.25, -0.2) is 0 Å². The van der Waals surface area contributed by atoms with Gasteiger partial charge >= 0.3 is 0 Å². The van der Waals surface area contributed by atoms with Crippen LogP contribution in [0.25, 0.3) is 0 Å². The Hall–Kier alpha value is -0.340. The van der Waals surface area contributed by atoms with E-state index in [1.807, 2.05) is 0 Å². The summed E-state index contributed by atoms with van der Waals surface area (Å²) in [7, 11) is 0. The van der Waals surface area contributed by atoms with Gasteiger partial charge in [-0.3, -0.25) is 0 Å². The highest BCUT2D eigenvalue weighted by Gasteiger charge is 2.41. The van der Waals surface area contributed by atoms with Crippen LogP contribution < -0.4 is 0 Å². The van der Waals surface area contributed by atoms with Crippen molar-refractivity contribution in [1.29, 1.82) is 0 Å². The number of hydrogen-bond acceptors (Lipinski definition) is 2. The van der Waals surface area contributed by atoms with Crippen LogP contribution in [-0.4, -0.2) is 21.9 Å². The maximum Gasteiger partial charge on any atom is 0.108 e. The van der Waals surface area contributed by atoms with E-state index in [-0.39, 0.29) is 0 Å². The first-order valence-electron chi connectivity index (χ1n) is 2.73. The first-order valence-corrected chi connectivity index (χ1v) is 2.73. The smallest absolute Gasteiger partial charge is 0.108 e. The number of aliphatic hydroxyl groups excluding tert-OH is 1. The topological polar surface area (TPSA) is 40.5 Å². The van der Waals surface area contributed by atoms with Crippen molar-refractivity contribution in [3.63, 3.8) is 0 Å². The van der Waals surface area contributed by atoms with E-state index < -0.39 is 11.7 Å². The van der Waals surface area contributed by atoms with Crippen molar-refractivity contribution < 1.29 is 10.2 Å². The lowest BCUT2D eigenvalue weighted by Gasteiger charge is -2.39. The van der Waals surface area contributed by atoms with Gasteiger partial charge in [0.2, 0.25) is 0 Å². The molecule has 2 heteroatoms. The van der Waals surface area contributed by atoms with E-state index in [4.69, 9.17) is 10.2 Å². The summed E-state index contributed by atoms with van der Waals surface area (Å²) >= 11 is 0. The van der Waals surface area contributed by atoms with Crippen LogP contribution in [-0.2, 0) is 0 Å². The van der Waals surface area contributed by atoms with Crippen LogP contribution in [0.5, 0.6) is 0 Å². The van der Waals surface area contributed by atoms with Gasteiger partial charge < -0.3 is 10.2 Å². The van der Waals surface area contributed by atoms with Crippen LogP contribution in [0.1, 0.15) is 12.8 Å². The molecule has 0 bridgehead atoms. The first kappa shape index (κ1) is 5.79. The Morgan fingerprint density at radius 3 is 2.38 bits per heavy atom. The number of hydrogen-bond donors (Lipinski definition) is 2. The fourth-order valence-electron chi connectivity index (χ4n) is 0.807. The van der Waals surface area contributed by atoms with E-state index in [0.29, 0.717) is 12.8 Å². The molecule has 2 N–H and O–H groups in total. The van der Waals surface area contributed by atoms with Crippen LogP contribution in [0.3, 0.4) is 0 Å². The standard InChI is InChI=1S/C6H10O2/c1-2-6(8)4-3-5(6)7/h2,5,7-8H,1,3-4H2/t5-,6-/m0/s1. The maximum atomic E-state index is 9.12. The molecule has 0 saturated heterocycles. The summed E-state index contributed by atoms with van der Waals surface area (Å²) in [5, 5.41) is 18.0. The molecule has 1 aliphatic rings. The molecular weight excluding hydrogens is 104 g/mol. The van der Waals surface area contributed by atoms with Gasteiger partial charge in [-0.2, -0.15) is 0 Å². The van der Waals surface area contributed by atoms with Gasteiger partial charge in [0.25, 0.3) is 0 Å². The van der Waals surface area contributed by atoms with E-state index in [1.165, 1.54) is 6.08 Å². The summed E-state index contributed by atoms with van der Waals surface area (Å²) in [6, 6.07) is 0. The second-order valence-corrected chi connectivity index (χ2v) is 2.25. The van der Waals surface area contributed by atoms with E-state index in [0.717, 1.165) is 0 Å². The van der Waals surface area contributed by atoms with Crippen LogP contribution in [0.4, 0.5) is 0 Å². The van der Waals surface area contributed by atoms with E-state index in [9.17, 15) is 0 Å². The maximum absolute atomic E-state index is 9.12. The van der Waals surface area contributed by atoms with E-state index >= 15 is 0 Å². The Labute approximate surface area is 48.5 Å². The third-order valence-corrected chi connectivity index (χ3v) is 1.75. The van der Waals surface area contributed by atoms with Gasteiger partial charge in [0, 0.05) is 0 Å². The summed E-state index contributed by atoms with van der Waals surface area (Å²) in [6.45, 7) is 3.39. The zero-order valence-corrected chi connectivity index (χ0v) is 4.67. The molecule has 1 fully saturated rings. The number of rotatable bonds is 1. The predicted molar refractivity (Wildman–Crippen MR) is 30.4 cm³/mol. The summed E-state index contributed by atoms with van der Waals surface area (Å²) < 4.78 is 0. The second-order valence-electron chi connectivity index (χ2n) is 2.25. The molecule has 8 heavy (non-hydrogen) atoms. The molecule has 0 radical (unpaired) electrons. The molecule has 2 nitrogen and oxygen atoms in total. The van der Waals surface area contributed by atoms with Gasteiger partial charge in [-0.05, 0) is 12.8 Å². The molecule has 46 valence electrons. The molecule has 0 spiro atoms. The average molecular weight is 114 g/mol. The molecule has 0 unspecified atom stereocenters. The second kappa shape index (κ2) is 1.57. The molecule has 0 aromatic rings. The fraction of sp³-hybridized carbons (Fsp3) is 0.667. The van der Waals surface area contributed by atoms with Crippen LogP contribution in [0.15, 0.2) is 12.7 Å². The molecule has 1 rings (SSSR count). The van der Waals surface area contributed by atoms with Crippen LogP contribution >= 0.6 is 0 Å². The van der Waals surface area contributed by atoms with Crippen molar-refractivity contribution >= 4 is 0 Å². The summed E-state index contributed by atoms with van der Waals surface area (Å²) in [5.74, 6) is 0.